The molecule has 0 heterocycles. The van der Waals surface area contributed by atoms with Crippen molar-refractivity contribution in [2.24, 2.45) is 0 Å². The third-order valence-electron chi connectivity index (χ3n) is 3.08. The second-order valence-electron chi connectivity index (χ2n) is 4.55. The summed E-state index contributed by atoms with van der Waals surface area (Å²) in [6, 6.07) is 4.26. The van der Waals surface area contributed by atoms with Gasteiger partial charge in [0, 0.05) is 16.6 Å². The van der Waals surface area contributed by atoms with Gasteiger partial charge in [-0.15, -0.1) is 0 Å². The first-order valence-electron chi connectivity index (χ1n) is 6.78. The van der Waals surface area contributed by atoms with Crippen LogP contribution in [0.3, 0.4) is 0 Å². The summed E-state index contributed by atoms with van der Waals surface area (Å²) in [4.78, 5) is 0. The molecule has 0 bridgehead atoms. The van der Waals surface area contributed by atoms with E-state index in [1.807, 2.05) is 0 Å². The monoisotopic (exact) mass is 313 g/mol. The molecule has 1 rings (SSSR count). The molecule has 0 amide bonds. The van der Waals surface area contributed by atoms with E-state index in [9.17, 15) is 0 Å². The second-order valence-corrected chi connectivity index (χ2v) is 5.46. The lowest BCUT2D eigenvalue weighted by atomic mass is 10.1. The Morgan fingerprint density at radius 3 is 2.44 bits per heavy atom. The molecule has 1 aromatic carbocycles. The predicted octanol–water partition coefficient (Wildman–Crippen LogP) is 4.43. The van der Waals surface area contributed by atoms with Crippen molar-refractivity contribution in [2.75, 3.05) is 6.54 Å². The van der Waals surface area contributed by atoms with Crippen molar-refractivity contribution in [1.29, 1.82) is 0 Å². The first-order chi connectivity index (χ1) is 8.62. The van der Waals surface area contributed by atoms with Gasteiger partial charge in [-0.3, -0.25) is 0 Å². The van der Waals surface area contributed by atoms with Gasteiger partial charge in [-0.05, 0) is 44.0 Å². The average molecular weight is 314 g/mol. The van der Waals surface area contributed by atoms with Crippen LogP contribution < -0.4 is 10.1 Å². The smallest absolute Gasteiger partial charge is 0.127 e. The third kappa shape index (κ3) is 4.29. The Hall–Kier alpha value is -0.540. The standard InChI is InChI=1S/C15H24BrNO/c1-5-14(6-2)18-15-11(4)8-13(16)9-12(15)10-17-7-3/h8-9,14,17H,5-7,10H2,1-4H3. The number of hydrogen-bond donors (Lipinski definition) is 1. The lowest BCUT2D eigenvalue weighted by Gasteiger charge is -2.21. The number of aryl methyl sites for hydroxylation is 1. The Balaban J connectivity index is 2.98. The molecule has 2 nitrogen and oxygen atoms in total. The summed E-state index contributed by atoms with van der Waals surface area (Å²) in [7, 11) is 0. The number of rotatable bonds is 7. The van der Waals surface area contributed by atoms with E-state index in [1.54, 1.807) is 0 Å². The van der Waals surface area contributed by atoms with Crippen molar-refractivity contribution in [2.45, 2.75) is 53.2 Å². The van der Waals surface area contributed by atoms with Crippen molar-refractivity contribution in [1.82, 2.24) is 5.32 Å². The Morgan fingerprint density at radius 2 is 1.89 bits per heavy atom. The fourth-order valence-corrected chi connectivity index (χ4v) is 2.60. The molecule has 0 aliphatic rings. The van der Waals surface area contributed by atoms with Crippen LogP contribution in [0.4, 0.5) is 0 Å². The van der Waals surface area contributed by atoms with E-state index < -0.39 is 0 Å². The van der Waals surface area contributed by atoms with Gasteiger partial charge in [-0.2, -0.15) is 0 Å². The normalized spacial score (nSPS) is 11.0. The van der Waals surface area contributed by atoms with Gasteiger partial charge in [-0.1, -0.05) is 36.7 Å². The Labute approximate surface area is 119 Å². The quantitative estimate of drug-likeness (QED) is 0.803. The van der Waals surface area contributed by atoms with Crippen LogP contribution in [0.5, 0.6) is 5.75 Å². The Morgan fingerprint density at radius 1 is 1.22 bits per heavy atom. The first kappa shape index (κ1) is 15.5. The van der Waals surface area contributed by atoms with Gasteiger partial charge in [-0.25, -0.2) is 0 Å². The fourth-order valence-electron chi connectivity index (χ4n) is 1.98. The van der Waals surface area contributed by atoms with Crippen LogP contribution in [-0.2, 0) is 6.54 Å². The van der Waals surface area contributed by atoms with Gasteiger partial charge in [0.25, 0.3) is 0 Å². The van der Waals surface area contributed by atoms with Crippen molar-refractivity contribution < 1.29 is 4.74 Å². The zero-order valence-electron chi connectivity index (χ0n) is 11.8. The van der Waals surface area contributed by atoms with E-state index in [1.165, 1.54) is 11.1 Å². The maximum atomic E-state index is 6.17. The van der Waals surface area contributed by atoms with Gasteiger partial charge in [0.2, 0.25) is 0 Å². The highest BCUT2D eigenvalue weighted by Gasteiger charge is 2.13. The van der Waals surface area contributed by atoms with E-state index in [4.69, 9.17) is 4.74 Å². The zero-order valence-corrected chi connectivity index (χ0v) is 13.4. The molecule has 102 valence electrons. The number of halogens is 1. The molecule has 0 aliphatic carbocycles. The summed E-state index contributed by atoms with van der Waals surface area (Å²) in [6.45, 7) is 10.4. The lowest BCUT2D eigenvalue weighted by molar-refractivity contribution is 0.189. The van der Waals surface area contributed by atoms with Crippen LogP contribution in [-0.4, -0.2) is 12.6 Å². The lowest BCUT2D eigenvalue weighted by Crippen LogP contribution is -2.18. The van der Waals surface area contributed by atoms with Crippen LogP contribution in [0.2, 0.25) is 0 Å². The van der Waals surface area contributed by atoms with E-state index in [-0.39, 0.29) is 0 Å². The minimum atomic E-state index is 0.310. The van der Waals surface area contributed by atoms with Crippen molar-refractivity contribution >= 4 is 15.9 Å². The summed E-state index contributed by atoms with van der Waals surface area (Å²) < 4.78 is 7.28. The minimum absolute atomic E-state index is 0.310. The molecule has 18 heavy (non-hydrogen) atoms. The SMILES string of the molecule is CCNCc1cc(Br)cc(C)c1OC(CC)CC. The number of hydrogen-bond acceptors (Lipinski definition) is 2. The van der Waals surface area contributed by atoms with E-state index in [0.717, 1.165) is 36.2 Å². The minimum Gasteiger partial charge on any atom is -0.490 e. The highest BCUT2D eigenvalue weighted by atomic mass is 79.9. The molecule has 0 saturated heterocycles. The molecular weight excluding hydrogens is 290 g/mol. The van der Waals surface area contributed by atoms with Gasteiger partial charge in [0.05, 0.1) is 6.10 Å². The Kier molecular flexibility index (Phi) is 6.72. The van der Waals surface area contributed by atoms with Gasteiger partial charge < -0.3 is 10.1 Å². The average Bonchev–Trinajstić information content (AvgIpc) is 2.35. The molecule has 0 saturated carbocycles. The molecule has 0 aliphatic heterocycles. The second kappa shape index (κ2) is 7.80. The fraction of sp³-hybridized carbons (Fsp3) is 0.600. The third-order valence-corrected chi connectivity index (χ3v) is 3.53. The summed E-state index contributed by atoms with van der Waals surface area (Å²) in [6.07, 6.45) is 2.41. The highest BCUT2D eigenvalue weighted by Crippen LogP contribution is 2.29. The summed E-state index contributed by atoms with van der Waals surface area (Å²) in [5.74, 6) is 1.05. The molecule has 0 spiro atoms. The summed E-state index contributed by atoms with van der Waals surface area (Å²) in [5, 5.41) is 3.37. The molecule has 1 aromatic rings. The van der Waals surface area contributed by atoms with Crippen LogP contribution in [0, 0.1) is 6.92 Å². The molecule has 3 heteroatoms. The van der Waals surface area contributed by atoms with Crippen LogP contribution in [0.15, 0.2) is 16.6 Å². The summed E-state index contributed by atoms with van der Waals surface area (Å²) in [5.41, 5.74) is 2.43. The van der Waals surface area contributed by atoms with Crippen LogP contribution in [0.25, 0.3) is 0 Å². The van der Waals surface area contributed by atoms with E-state index in [2.05, 4.69) is 61.1 Å². The van der Waals surface area contributed by atoms with E-state index >= 15 is 0 Å². The summed E-state index contributed by atoms with van der Waals surface area (Å²) >= 11 is 3.56. The maximum absolute atomic E-state index is 6.17. The molecule has 0 fully saturated rings. The number of nitrogens with one attached hydrogen (secondary N) is 1. The topological polar surface area (TPSA) is 21.3 Å². The first-order valence-corrected chi connectivity index (χ1v) is 7.57. The number of benzene rings is 1. The molecule has 0 aromatic heterocycles. The van der Waals surface area contributed by atoms with Gasteiger partial charge in [0.15, 0.2) is 0 Å². The molecule has 0 unspecified atom stereocenters. The molecule has 0 atom stereocenters. The van der Waals surface area contributed by atoms with Crippen molar-refractivity contribution in [3.05, 3.63) is 27.7 Å². The maximum Gasteiger partial charge on any atom is 0.127 e. The van der Waals surface area contributed by atoms with Crippen LogP contribution in [0.1, 0.15) is 44.7 Å². The van der Waals surface area contributed by atoms with Crippen LogP contribution >= 0.6 is 15.9 Å². The Bertz CT molecular complexity index is 375. The molecule has 1 N–H and O–H groups in total. The van der Waals surface area contributed by atoms with Gasteiger partial charge >= 0.3 is 0 Å². The van der Waals surface area contributed by atoms with Crippen molar-refractivity contribution in [3.63, 3.8) is 0 Å². The number of ether oxygens (including phenoxy) is 1. The molecule has 0 radical (unpaired) electrons. The molecular formula is C15H24BrNO. The predicted molar refractivity (Wildman–Crippen MR) is 81.3 cm³/mol. The highest BCUT2D eigenvalue weighted by molar-refractivity contribution is 9.10. The van der Waals surface area contributed by atoms with E-state index in [0.29, 0.717) is 6.10 Å². The van der Waals surface area contributed by atoms with Gasteiger partial charge in [0.1, 0.15) is 5.75 Å². The van der Waals surface area contributed by atoms with Crippen molar-refractivity contribution in [3.8, 4) is 5.75 Å². The zero-order chi connectivity index (χ0) is 13.5. The largest absolute Gasteiger partial charge is 0.490 e.